The lowest BCUT2D eigenvalue weighted by atomic mass is 10.6. The number of hydrogen-bond acceptors (Lipinski definition) is 14. The van der Waals surface area contributed by atoms with Gasteiger partial charge in [0.2, 0.25) is 0 Å². The lowest BCUT2D eigenvalue weighted by Gasteiger charge is -2.09. The van der Waals surface area contributed by atoms with E-state index < -0.39 is 0 Å². The number of nitrogens with two attached hydrogens (primary N) is 1. The maximum absolute atomic E-state index is 5.46. The van der Waals surface area contributed by atoms with Gasteiger partial charge in [0.1, 0.15) is 0 Å². The zero-order valence-electron chi connectivity index (χ0n) is 24.3. The summed E-state index contributed by atoms with van der Waals surface area (Å²) < 4.78 is 64.7. The van der Waals surface area contributed by atoms with E-state index in [1.807, 2.05) is 0 Å². The minimum absolute atomic E-state index is 0.514. The molecule has 0 aliphatic carbocycles. The number of ether oxygens (including phenoxy) is 12. The van der Waals surface area contributed by atoms with Gasteiger partial charge >= 0.3 is 0 Å². The molecule has 0 fully saturated rings. The normalized spacial score (nSPS) is 11.6. The maximum atomic E-state index is 5.46. The molecule has 0 aromatic heterocycles. The van der Waals surface area contributed by atoms with Crippen LogP contribution in [0.1, 0.15) is 0 Å². The fraction of sp³-hybridized carbons (Fsp3) is 1.00. The van der Waals surface area contributed by atoms with Crippen LogP contribution in [0.4, 0.5) is 0 Å². The van der Waals surface area contributed by atoms with E-state index in [9.17, 15) is 0 Å². The summed E-state index contributed by atoms with van der Waals surface area (Å²) >= 11 is 4.06. The zero-order chi connectivity index (χ0) is 28.9. The average Bonchev–Trinajstić information content (AvgIpc) is 2.97. The third-order valence-corrected chi connectivity index (χ3v) is 4.77. The summed E-state index contributed by atoms with van der Waals surface area (Å²) in [5.74, 6) is 0.720. The van der Waals surface area contributed by atoms with Gasteiger partial charge in [-0.25, -0.2) is 0 Å². The largest absolute Gasteiger partial charge is 0.378 e. The lowest BCUT2D eigenvalue weighted by Crippen LogP contribution is -2.15. The predicted octanol–water partition coefficient (Wildman–Crippen LogP) is 0.0741. The Hall–Kier alpha value is -0.170. The first kappa shape index (κ1) is 39.8. The maximum Gasteiger partial charge on any atom is 0.0701 e. The van der Waals surface area contributed by atoms with Crippen LogP contribution in [0.15, 0.2) is 0 Å². The molecule has 0 bridgehead atoms. The van der Waals surface area contributed by atoms with E-state index in [0.717, 1.165) is 5.75 Å². The highest BCUT2D eigenvalue weighted by Gasteiger charge is 1.96. The van der Waals surface area contributed by atoms with Crippen molar-refractivity contribution in [3.63, 3.8) is 0 Å². The van der Waals surface area contributed by atoms with Gasteiger partial charge in [0.15, 0.2) is 0 Å². The van der Waals surface area contributed by atoms with Crippen LogP contribution in [0.25, 0.3) is 0 Å². The topological polar surface area (TPSA) is 137 Å². The van der Waals surface area contributed by atoms with Crippen molar-refractivity contribution >= 4 is 12.6 Å². The van der Waals surface area contributed by atoms with Crippen molar-refractivity contribution in [2.45, 2.75) is 0 Å². The van der Waals surface area contributed by atoms with Crippen molar-refractivity contribution in [3.05, 3.63) is 0 Å². The van der Waals surface area contributed by atoms with Crippen molar-refractivity contribution in [1.82, 2.24) is 0 Å². The molecule has 40 heavy (non-hydrogen) atoms. The van der Waals surface area contributed by atoms with Crippen LogP contribution in [-0.4, -0.2) is 171 Å². The van der Waals surface area contributed by atoms with Gasteiger partial charge in [-0.15, -0.1) is 0 Å². The molecule has 0 heterocycles. The Labute approximate surface area is 246 Å². The monoisotopic (exact) mass is 605 g/mol. The molecule has 14 heteroatoms. The minimum Gasteiger partial charge on any atom is -0.378 e. The van der Waals surface area contributed by atoms with Crippen LogP contribution >= 0.6 is 12.6 Å². The second-order valence-corrected chi connectivity index (χ2v) is 8.31. The molecular formula is C26H55NO12S. The fourth-order valence-electron chi connectivity index (χ4n) is 2.67. The molecule has 0 atom stereocenters. The summed E-state index contributed by atoms with van der Waals surface area (Å²) in [7, 11) is 0. The highest BCUT2D eigenvalue weighted by molar-refractivity contribution is 7.80. The van der Waals surface area contributed by atoms with E-state index >= 15 is 0 Å². The highest BCUT2D eigenvalue weighted by atomic mass is 32.1. The Morgan fingerprint density at radius 1 is 0.250 bits per heavy atom. The lowest BCUT2D eigenvalue weighted by molar-refractivity contribution is -0.0282. The van der Waals surface area contributed by atoms with Crippen molar-refractivity contribution < 1.29 is 56.8 Å². The Balaban J connectivity index is 3.01. The fourth-order valence-corrected chi connectivity index (χ4v) is 2.80. The van der Waals surface area contributed by atoms with E-state index in [1.54, 1.807) is 0 Å². The quantitative estimate of drug-likeness (QED) is 0.0731. The molecule has 0 aromatic carbocycles. The molecule has 2 N–H and O–H groups in total. The van der Waals surface area contributed by atoms with E-state index in [2.05, 4.69) is 12.6 Å². The molecule has 0 rings (SSSR count). The number of thiol groups is 1. The second kappa shape index (κ2) is 38.8. The minimum atomic E-state index is 0.514. The van der Waals surface area contributed by atoms with Crippen molar-refractivity contribution in [1.29, 1.82) is 0 Å². The summed E-state index contributed by atoms with van der Waals surface area (Å²) in [6, 6.07) is 0. The SMILES string of the molecule is NCCOCCOCCOCCOCCOCCOCCOCCOCCOCCOCCOCCOCCS. The van der Waals surface area contributed by atoms with Crippen LogP contribution in [0.3, 0.4) is 0 Å². The predicted molar refractivity (Wildman–Crippen MR) is 153 cm³/mol. The molecule has 0 spiro atoms. The standard InChI is InChI=1S/C26H55NO12S/c27-1-2-28-3-4-29-5-6-30-7-8-31-9-10-32-11-12-33-13-14-34-15-16-35-17-18-36-19-20-37-21-22-38-23-24-39-25-26-40/h40H,1-27H2. The van der Waals surface area contributed by atoms with Gasteiger partial charge in [0.25, 0.3) is 0 Å². The highest BCUT2D eigenvalue weighted by Crippen LogP contribution is 1.87. The molecule has 13 nitrogen and oxygen atoms in total. The van der Waals surface area contributed by atoms with Crippen molar-refractivity contribution in [3.8, 4) is 0 Å². The molecule has 242 valence electrons. The van der Waals surface area contributed by atoms with E-state index in [0.29, 0.717) is 165 Å². The van der Waals surface area contributed by atoms with E-state index in [1.165, 1.54) is 0 Å². The smallest absolute Gasteiger partial charge is 0.0701 e. The molecule has 0 amide bonds. The van der Waals surface area contributed by atoms with Gasteiger partial charge in [0, 0.05) is 12.3 Å². The van der Waals surface area contributed by atoms with Gasteiger partial charge in [-0.1, -0.05) is 0 Å². The van der Waals surface area contributed by atoms with E-state index in [-0.39, 0.29) is 0 Å². The Bertz CT molecular complexity index is 408. The summed E-state index contributed by atoms with van der Waals surface area (Å²) in [6.07, 6.45) is 0. The summed E-state index contributed by atoms with van der Waals surface area (Å²) in [4.78, 5) is 0. The molecule has 0 unspecified atom stereocenters. The Kier molecular flexibility index (Phi) is 38.7. The van der Waals surface area contributed by atoms with Crippen molar-refractivity contribution in [2.75, 3.05) is 171 Å². The number of hydrogen-bond donors (Lipinski definition) is 2. The number of rotatable bonds is 37. The molecular weight excluding hydrogens is 550 g/mol. The molecule has 0 aliphatic heterocycles. The van der Waals surface area contributed by atoms with Crippen LogP contribution in [-0.2, 0) is 56.8 Å². The first-order valence-corrected chi connectivity index (χ1v) is 14.8. The van der Waals surface area contributed by atoms with Crippen LogP contribution < -0.4 is 5.73 Å². The molecule has 0 aromatic rings. The van der Waals surface area contributed by atoms with Gasteiger partial charge in [-0.2, -0.15) is 12.6 Å². The molecule has 0 radical (unpaired) electrons. The summed E-state index contributed by atoms with van der Waals surface area (Å²) in [5.41, 5.74) is 5.32. The summed E-state index contributed by atoms with van der Waals surface area (Å²) in [6.45, 7) is 13.4. The third-order valence-electron chi connectivity index (χ3n) is 4.59. The zero-order valence-corrected chi connectivity index (χ0v) is 25.2. The van der Waals surface area contributed by atoms with Gasteiger partial charge in [0.05, 0.1) is 159 Å². The average molecular weight is 606 g/mol. The van der Waals surface area contributed by atoms with Crippen LogP contribution in [0.2, 0.25) is 0 Å². The van der Waals surface area contributed by atoms with Crippen LogP contribution in [0.5, 0.6) is 0 Å². The van der Waals surface area contributed by atoms with Crippen molar-refractivity contribution in [2.24, 2.45) is 5.73 Å². The van der Waals surface area contributed by atoms with Gasteiger partial charge in [-0.3, -0.25) is 0 Å². The Morgan fingerprint density at radius 3 is 0.550 bits per heavy atom. The second-order valence-electron chi connectivity index (χ2n) is 7.86. The van der Waals surface area contributed by atoms with E-state index in [4.69, 9.17) is 62.6 Å². The third kappa shape index (κ3) is 37.8. The molecule has 0 saturated heterocycles. The molecule has 0 saturated carbocycles. The van der Waals surface area contributed by atoms with Crippen LogP contribution in [0, 0.1) is 0 Å². The first-order valence-electron chi connectivity index (χ1n) is 14.2. The molecule has 0 aliphatic rings. The Morgan fingerprint density at radius 2 is 0.400 bits per heavy atom. The first-order chi connectivity index (χ1) is 19.9. The van der Waals surface area contributed by atoms with Gasteiger partial charge < -0.3 is 62.6 Å². The summed E-state index contributed by atoms with van der Waals surface area (Å²) in [5, 5.41) is 0. The van der Waals surface area contributed by atoms with Gasteiger partial charge in [-0.05, 0) is 0 Å².